The Labute approximate surface area is 68.6 Å². The summed E-state index contributed by atoms with van der Waals surface area (Å²) in [6.45, 7) is 0. The normalized spacial score (nSPS) is 10.6. The predicted molar refractivity (Wildman–Crippen MR) is 45.8 cm³/mol. The van der Waals surface area contributed by atoms with Crippen LogP contribution in [0.5, 0.6) is 0 Å². The van der Waals surface area contributed by atoms with Gasteiger partial charge in [-0.15, -0.1) is 11.8 Å². The Kier molecular flexibility index (Phi) is 1.58. The third-order valence-electron chi connectivity index (χ3n) is 1.54. The maximum Gasteiger partial charge on any atom is 0.182 e. The third-order valence-corrected chi connectivity index (χ3v) is 2.31. The van der Waals surface area contributed by atoms with Crippen molar-refractivity contribution in [1.29, 1.82) is 0 Å². The van der Waals surface area contributed by atoms with E-state index in [0.717, 1.165) is 16.0 Å². The number of para-hydroxylation sites is 1. The molecule has 0 radical (unpaired) electrons. The van der Waals surface area contributed by atoms with Gasteiger partial charge < -0.3 is 4.42 Å². The number of fused-ring (bicyclic) bond motifs is 1. The van der Waals surface area contributed by atoms with E-state index in [-0.39, 0.29) is 0 Å². The van der Waals surface area contributed by atoms with Crippen molar-refractivity contribution in [2.45, 2.75) is 4.90 Å². The maximum atomic E-state index is 5.14. The molecule has 0 fully saturated rings. The summed E-state index contributed by atoms with van der Waals surface area (Å²) in [6, 6.07) is 5.93. The number of nitrogens with zero attached hydrogens (tertiary/aromatic N) is 1. The summed E-state index contributed by atoms with van der Waals surface area (Å²) in [6.07, 6.45) is 3.51. The molecule has 3 heteroatoms. The van der Waals surface area contributed by atoms with Gasteiger partial charge in [0.05, 0.1) is 0 Å². The Morgan fingerprint density at radius 2 is 2.36 bits per heavy atom. The lowest BCUT2D eigenvalue weighted by molar-refractivity contribution is 0.602. The maximum absolute atomic E-state index is 5.14. The fourth-order valence-corrected chi connectivity index (χ4v) is 1.59. The summed E-state index contributed by atoms with van der Waals surface area (Å²) in [5.41, 5.74) is 1.82. The van der Waals surface area contributed by atoms with E-state index in [0.29, 0.717) is 0 Å². The highest BCUT2D eigenvalue weighted by Crippen LogP contribution is 2.24. The molecule has 0 atom stereocenters. The van der Waals surface area contributed by atoms with Crippen LogP contribution < -0.4 is 0 Å². The van der Waals surface area contributed by atoms with Gasteiger partial charge in [-0.2, -0.15) is 0 Å². The van der Waals surface area contributed by atoms with Crippen molar-refractivity contribution in [3.05, 3.63) is 24.6 Å². The Morgan fingerprint density at radius 1 is 1.45 bits per heavy atom. The molecule has 0 unspecified atom stereocenters. The van der Waals surface area contributed by atoms with Crippen LogP contribution >= 0.6 is 11.8 Å². The van der Waals surface area contributed by atoms with Gasteiger partial charge in [0.1, 0.15) is 5.52 Å². The number of thioether (sulfide) groups is 1. The highest BCUT2D eigenvalue weighted by molar-refractivity contribution is 7.98. The number of oxazole rings is 1. The first-order valence-electron chi connectivity index (χ1n) is 3.28. The van der Waals surface area contributed by atoms with Crippen LogP contribution in [0.4, 0.5) is 0 Å². The van der Waals surface area contributed by atoms with Crippen LogP contribution in [-0.4, -0.2) is 11.2 Å². The zero-order valence-electron chi connectivity index (χ0n) is 6.07. The summed E-state index contributed by atoms with van der Waals surface area (Å²) in [5.74, 6) is 0. The van der Waals surface area contributed by atoms with Crippen molar-refractivity contribution in [3.8, 4) is 0 Å². The molecule has 2 nitrogen and oxygen atoms in total. The lowest BCUT2D eigenvalue weighted by Gasteiger charge is -1.93. The van der Waals surface area contributed by atoms with Crippen molar-refractivity contribution in [2.24, 2.45) is 0 Å². The number of benzene rings is 1. The van der Waals surface area contributed by atoms with Crippen molar-refractivity contribution in [2.75, 3.05) is 6.26 Å². The Bertz CT molecular complexity index is 369. The Hall–Kier alpha value is -0.960. The molecule has 2 aromatic rings. The molecule has 0 aliphatic heterocycles. The first-order valence-corrected chi connectivity index (χ1v) is 4.50. The van der Waals surface area contributed by atoms with E-state index in [1.54, 1.807) is 11.8 Å². The van der Waals surface area contributed by atoms with Crippen LogP contribution in [0.1, 0.15) is 0 Å². The van der Waals surface area contributed by atoms with Crippen LogP contribution in [0.3, 0.4) is 0 Å². The standard InChI is InChI=1S/C8H7NOS/c1-11-7-4-2-3-6-8(7)9-5-10-6/h2-5H,1H3. The molecular weight excluding hydrogens is 158 g/mol. The summed E-state index contributed by atoms with van der Waals surface area (Å²) >= 11 is 1.68. The van der Waals surface area contributed by atoms with Crippen LogP contribution in [-0.2, 0) is 0 Å². The average molecular weight is 165 g/mol. The first-order chi connectivity index (χ1) is 5.42. The van der Waals surface area contributed by atoms with E-state index in [9.17, 15) is 0 Å². The van der Waals surface area contributed by atoms with Gasteiger partial charge in [-0.3, -0.25) is 0 Å². The molecule has 0 aliphatic carbocycles. The van der Waals surface area contributed by atoms with E-state index < -0.39 is 0 Å². The third kappa shape index (κ3) is 1.01. The fourth-order valence-electron chi connectivity index (χ4n) is 1.03. The minimum Gasteiger partial charge on any atom is -0.443 e. The molecule has 0 saturated heterocycles. The van der Waals surface area contributed by atoms with Gasteiger partial charge in [-0.25, -0.2) is 4.98 Å². The smallest absolute Gasteiger partial charge is 0.182 e. The molecule has 0 spiro atoms. The SMILES string of the molecule is CSc1cccc2ocnc12. The zero-order chi connectivity index (χ0) is 7.68. The predicted octanol–water partition coefficient (Wildman–Crippen LogP) is 2.55. The lowest BCUT2D eigenvalue weighted by atomic mass is 10.3. The van der Waals surface area contributed by atoms with E-state index in [2.05, 4.69) is 4.98 Å². The van der Waals surface area contributed by atoms with Gasteiger partial charge in [0, 0.05) is 4.90 Å². The highest BCUT2D eigenvalue weighted by atomic mass is 32.2. The van der Waals surface area contributed by atoms with E-state index in [4.69, 9.17) is 4.42 Å². The first kappa shape index (κ1) is 6.73. The Balaban J connectivity index is 2.79. The largest absolute Gasteiger partial charge is 0.443 e. The summed E-state index contributed by atoms with van der Waals surface area (Å²) in [4.78, 5) is 5.27. The van der Waals surface area contributed by atoms with Crippen LogP contribution in [0.2, 0.25) is 0 Å². The molecule has 1 heterocycles. The minimum atomic E-state index is 0.858. The fraction of sp³-hybridized carbons (Fsp3) is 0.125. The van der Waals surface area contributed by atoms with Crippen molar-refractivity contribution < 1.29 is 4.42 Å². The highest BCUT2D eigenvalue weighted by Gasteiger charge is 2.01. The van der Waals surface area contributed by atoms with Crippen molar-refractivity contribution >= 4 is 22.9 Å². The topological polar surface area (TPSA) is 26.0 Å². The Morgan fingerprint density at radius 3 is 3.18 bits per heavy atom. The second-order valence-electron chi connectivity index (χ2n) is 2.16. The number of hydrogen-bond donors (Lipinski definition) is 0. The zero-order valence-corrected chi connectivity index (χ0v) is 6.89. The molecular formula is C8H7NOS. The number of aromatic nitrogens is 1. The van der Waals surface area contributed by atoms with E-state index in [1.165, 1.54) is 6.39 Å². The van der Waals surface area contributed by atoms with E-state index >= 15 is 0 Å². The molecule has 0 aliphatic rings. The van der Waals surface area contributed by atoms with Gasteiger partial charge >= 0.3 is 0 Å². The molecule has 0 amide bonds. The molecule has 11 heavy (non-hydrogen) atoms. The molecule has 0 saturated carbocycles. The van der Waals surface area contributed by atoms with Gasteiger partial charge in [-0.1, -0.05) is 6.07 Å². The monoisotopic (exact) mass is 165 g/mol. The molecule has 1 aromatic carbocycles. The van der Waals surface area contributed by atoms with Gasteiger partial charge in [-0.05, 0) is 18.4 Å². The second-order valence-corrected chi connectivity index (χ2v) is 3.01. The van der Waals surface area contributed by atoms with E-state index in [1.807, 2.05) is 24.5 Å². The lowest BCUT2D eigenvalue weighted by Crippen LogP contribution is -1.72. The van der Waals surface area contributed by atoms with Crippen LogP contribution in [0.25, 0.3) is 11.1 Å². The summed E-state index contributed by atoms with van der Waals surface area (Å²) in [7, 11) is 0. The van der Waals surface area contributed by atoms with Gasteiger partial charge in [0.15, 0.2) is 12.0 Å². The molecule has 0 N–H and O–H groups in total. The van der Waals surface area contributed by atoms with Crippen molar-refractivity contribution in [3.63, 3.8) is 0 Å². The second kappa shape index (κ2) is 2.58. The van der Waals surface area contributed by atoms with Crippen LogP contribution in [0.15, 0.2) is 33.9 Å². The average Bonchev–Trinajstić information content (AvgIpc) is 2.50. The molecule has 2 rings (SSSR count). The van der Waals surface area contributed by atoms with Crippen molar-refractivity contribution in [1.82, 2.24) is 4.98 Å². The molecule has 1 aromatic heterocycles. The molecule has 0 bridgehead atoms. The number of hydrogen-bond acceptors (Lipinski definition) is 3. The molecule has 56 valence electrons. The van der Waals surface area contributed by atoms with Gasteiger partial charge in [0.2, 0.25) is 0 Å². The minimum absolute atomic E-state index is 0.858. The van der Waals surface area contributed by atoms with Crippen LogP contribution in [0, 0.1) is 0 Å². The summed E-state index contributed by atoms with van der Waals surface area (Å²) in [5, 5.41) is 0. The number of rotatable bonds is 1. The summed E-state index contributed by atoms with van der Waals surface area (Å²) < 4.78 is 5.14. The van der Waals surface area contributed by atoms with Gasteiger partial charge in [0.25, 0.3) is 0 Å². The quantitative estimate of drug-likeness (QED) is 0.607.